The Labute approximate surface area is 164 Å². The summed E-state index contributed by atoms with van der Waals surface area (Å²) in [6.45, 7) is 0.167. The Kier molecular flexibility index (Phi) is 3.04. The van der Waals surface area contributed by atoms with Gasteiger partial charge in [0.15, 0.2) is 11.5 Å². The number of likely N-dealkylation sites (N-methyl/N-ethyl adjacent to an activating group) is 1. The number of H-pyrrole nitrogens is 2. The molecule has 29 heavy (non-hydrogen) atoms. The van der Waals surface area contributed by atoms with Crippen LogP contribution in [0.15, 0.2) is 48.8 Å². The first-order valence-electron chi connectivity index (χ1n) is 9.18. The number of carbonyl (C=O) groups is 2. The van der Waals surface area contributed by atoms with Crippen LogP contribution in [0.5, 0.6) is 11.5 Å². The molecule has 0 fully saturated rings. The van der Waals surface area contributed by atoms with Gasteiger partial charge in [-0.05, 0) is 12.1 Å². The molecule has 0 spiro atoms. The SMILES string of the molecule is CN1C(=O)C(c2c[nH]c3ccccc23)=C(c2c[nH]c3cc4c(cc23)OCO4)C1=O. The third-order valence-corrected chi connectivity index (χ3v) is 5.59. The Morgan fingerprint density at radius 1 is 0.828 bits per heavy atom. The number of rotatable bonds is 2. The number of aromatic amines is 2. The van der Waals surface area contributed by atoms with E-state index in [1.165, 1.54) is 7.05 Å². The van der Waals surface area contributed by atoms with Gasteiger partial charge < -0.3 is 19.4 Å². The van der Waals surface area contributed by atoms with Crippen LogP contribution in [-0.4, -0.2) is 40.5 Å². The number of carbonyl (C=O) groups excluding carboxylic acids is 2. The second-order valence-electron chi connectivity index (χ2n) is 7.12. The molecule has 2 aliphatic heterocycles. The molecule has 0 unspecified atom stereocenters. The zero-order chi connectivity index (χ0) is 19.7. The predicted octanol–water partition coefficient (Wildman–Crippen LogP) is 3.29. The van der Waals surface area contributed by atoms with Gasteiger partial charge in [-0.3, -0.25) is 14.5 Å². The van der Waals surface area contributed by atoms with Crippen molar-refractivity contribution in [1.82, 2.24) is 14.9 Å². The van der Waals surface area contributed by atoms with E-state index >= 15 is 0 Å². The standard InChI is InChI=1S/C22H15N3O4/c1-25-21(26)19(13-8-23-15-5-3-2-4-11(13)15)20(22(25)27)14-9-24-16-7-18-17(6-12(14)16)28-10-29-18/h2-9,23-24H,10H2,1H3. The van der Waals surface area contributed by atoms with Crippen LogP contribution in [0.2, 0.25) is 0 Å². The minimum absolute atomic E-state index is 0.167. The summed E-state index contributed by atoms with van der Waals surface area (Å²) in [7, 11) is 1.51. The normalized spacial score (nSPS) is 16.1. The summed E-state index contributed by atoms with van der Waals surface area (Å²) in [6.07, 6.45) is 3.54. The number of amides is 2. The molecule has 0 bridgehead atoms. The maximum absolute atomic E-state index is 13.1. The molecule has 0 atom stereocenters. The summed E-state index contributed by atoms with van der Waals surface area (Å²) in [5, 5.41) is 1.70. The number of ether oxygens (including phenoxy) is 2. The van der Waals surface area contributed by atoms with Crippen LogP contribution in [0.3, 0.4) is 0 Å². The zero-order valence-electron chi connectivity index (χ0n) is 15.4. The molecule has 0 radical (unpaired) electrons. The van der Waals surface area contributed by atoms with Crippen molar-refractivity contribution in [3.8, 4) is 11.5 Å². The third-order valence-electron chi connectivity index (χ3n) is 5.59. The molecule has 2 aliphatic rings. The summed E-state index contributed by atoms with van der Waals surface area (Å²) in [4.78, 5) is 33.7. The molecule has 0 saturated carbocycles. The van der Waals surface area contributed by atoms with Gasteiger partial charge in [-0.2, -0.15) is 0 Å². The Morgan fingerprint density at radius 2 is 1.45 bits per heavy atom. The fraction of sp³-hybridized carbons (Fsp3) is 0.0909. The van der Waals surface area contributed by atoms with E-state index in [1.54, 1.807) is 12.4 Å². The number of hydrogen-bond donors (Lipinski definition) is 2. The van der Waals surface area contributed by atoms with E-state index in [4.69, 9.17) is 9.47 Å². The van der Waals surface area contributed by atoms with E-state index in [0.717, 1.165) is 26.7 Å². The van der Waals surface area contributed by atoms with Crippen molar-refractivity contribution in [1.29, 1.82) is 0 Å². The first-order valence-corrected chi connectivity index (χ1v) is 9.18. The molecule has 0 saturated heterocycles. The number of benzene rings is 2. The molecule has 0 aliphatic carbocycles. The molecular weight excluding hydrogens is 370 g/mol. The summed E-state index contributed by atoms with van der Waals surface area (Å²) < 4.78 is 10.9. The van der Waals surface area contributed by atoms with Crippen LogP contribution in [-0.2, 0) is 9.59 Å². The van der Waals surface area contributed by atoms with Gasteiger partial charge in [0.25, 0.3) is 11.8 Å². The van der Waals surface area contributed by atoms with Gasteiger partial charge in [-0.15, -0.1) is 0 Å². The molecule has 2 aromatic carbocycles. The van der Waals surface area contributed by atoms with Crippen LogP contribution in [0, 0.1) is 0 Å². The average Bonchev–Trinajstić information content (AvgIpc) is 3.49. The van der Waals surface area contributed by atoms with Gasteiger partial charge in [0.05, 0.1) is 11.1 Å². The van der Waals surface area contributed by atoms with E-state index in [-0.39, 0.29) is 18.6 Å². The second kappa shape index (κ2) is 5.51. The lowest BCUT2D eigenvalue weighted by molar-refractivity contribution is -0.134. The van der Waals surface area contributed by atoms with Crippen molar-refractivity contribution >= 4 is 44.8 Å². The van der Waals surface area contributed by atoms with Crippen molar-refractivity contribution < 1.29 is 19.1 Å². The van der Waals surface area contributed by atoms with E-state index in [2.05, 4.69) is 9.97 Å². The minimum Gasteiger partial charge on any atom is -0.454 e. The lowest BCUT2D eigenvalue weighted by atomic mass is 9.95. The van der Waals surface area contributed by atoms with E-state index < -0.39 is 0 Å². The molecular formula is C22H15N3O4. The molecule has 7 nitrogen and oxygen atoms in total. The molecule has 142 valence electrons. The first-order chi connectivity index (χ1) is 14.1. The Morgan fingerprint density at radius 3 is 2.21 bits per heavy atom. The van der Waals surface area contributed by atoms with Crippen LogP contribution < -0.4 is 9.47 Å². The largest absolute Gasteiger partial charge is 0.454 e. The lowest BCUT2D eigenvalue weighted by Crippen LogP contribution is -2.26. The van der Waals surface area contributed by atoms with Gasteiger partial charge in [0.1, 0.15) is 0 Å². The quantitative estimate of drug-likeness (QED) is 0.519. The van der Waals surface area contributed by atoms with Crippen LogP contribution in [0.1, 0.15) is 11.1 Å². The number of fused-ring (bicyclic) bond motifs is 3. The number of imide groups is 1. The highest BCUT2D eigenvalue weighted by Crippen LogP contribution is 2.43. The Bertz CT molecular complexity index is 1390. The maximum Gasteiger partial charge on any atom is 0.261 e. The predicted molar refractivity (Wildman–Crippen MR) is 107 cm³/mol. The van der Waals surface area contributed by atoms with Crippen molar-refractivity contribution in [2.24, 2.45) is 0 Å². The molecule has 4 heterocycles. The maximum atomic E-state index is 13.1. The molecule has 2 aromatic heterocycles. The molecule has 7 heteroatoms. The number of aromatic nitrogens is 2. The first kappa shape index (κ1) is 16.0. The Balaban J connectivity index is 1.66. The van der Waals surface area contributed by atoms with Gasteiger partial charge in [-0.1, -0.05) is 18.2 Å². The van der Waals surface area contributed by atoms with Crippen LogP contribution in [0.4, 0.5) is 0 Å². The fourth-order valence-electron chi connectivity index (χ4n) is 4.14. The second-order valence-corrected chi connectivity index (χ2v) is 7.12. The van der Waals surface area contributed by atoms with Crippen molar-refractivity contribution in [3.05, 3.63) is 59.9 Å². The summed E-state index contributed by atoms with van der Waals surface area (Å²) >= 11 is 0. The minimum atomic E-state index is -0.325. The highest BCUT2D eigenvalue weighted by Gasteiger charge is 2.39. The highest BCUT2D eigenvalue weighted by atomic mass is 16.7. The van der Waals surface area contributed by atoms with Crippen molar-refractivity contribution in [2.75, 3.05) is 13.8 Å². The van der Waals surface area contributed by atoms with Gasteiger partial charge in [-0.25, -0.2) is 0 Å². The number of nitrogens with zero attached hydrogens (tertiary/aromatic N) is 1. The number of hydrogen-bond acceptors (Lipinski definition) is 4. The molecule has 6 rings (SSSR count). The monoisotopic (exact) mass is 385 g/mol. The summed E-state index contributed by atoms with van der Waals surface area (Å²) in [5.74, 6) is 0.638. The van der Waals surface area contributed by atoms with Crippen molar-refractivity contribution in [2.45, 2.75) is 0 Å². The molecule has 2 amide bonds. The lowest BCUT2D eigenvalue weighted by Gasteiger charge is -2.06. The highest BCUT2D eigenvalue weighted by molar-refractivity contribution is 6.50. The van der Waals surface area contributed by atoms with Crippen molar-refractivity contribution in [3.63, 3.8) is 0 Å². The average molecular weight is 385 g/mol. The number of para-hydroxylation sites is 1. The van der Waals surface area contributed by atoms with Gasteiger partial charge in [0, 0.05) is 58.4 Å². The van der Waals surface area contributed by atoms with E-state index in [1.807, 2.05) is 36.4 Å². The third kappa shape index (κ3) is 2.07. The topological polar surface area (TPSA) is 87.4 Å². The zero-order valence-corrected chi connectivity index (χ0v) is 15.4. The number of nitrogens with one attached hydrogen (secondary N) is 2. The fourth-order valence-corrected chi connectivity index (χ4v) is 4.14. The van der Waals surface area contributed by atoms with Crippen LogP contribution >= 0.6 is 0 Å². The van der Waals surface area contributed by atoms with E-state index in [0.29, 0.717) is 33.8 Å². The molecule has 2 N–H and O–H groups in total. The molecule has 4 aromatic rings. The van der Waals surface area contributed by atoms with E-state index in [9.17, 15) is 9.59 Å². The Hall–Kier alpha value is -4.00. The summed E-state index contributed by atoms with van der Waals surface area (Å²) in [5.41, 5.74) is 3.88. The van der Waals surface area contributed by atoms with Gasteiger partial charge in [0.2, 0.25) is 6.79 Å². The smallest absolute Gasteiger partial charge is 0.261 e. The summed E-state index contributed by atoms with van der Waals surface area (Å²) in [6, 6.07) is 11.4. The van der Waals surface area contributed by atoms with Gasteiger partial charge >= 0.3 is 0 Å². The van der Waals surface area contributed by atoms with Crippen LogP contribution in [0.25, 0.3) is 33.0 Å².